The van der Waals surface area contributed by atoms with E-state index in [0.717, 1.165) is 43.7 Å². The molecule has 1 aliphatic heterocycles. The van der Waals surface area contributed by atoms with E-state index in [-0.39, 0.29) is 23.5 Å². The number of carbonyl (C=O) groups is 1. The Balaban J connectivity index is 1.77. The maximum absolute atomic E-state index is 12.6. The van der Waals surface area contributed by atoms with Gasteiger partial charge in [-0.05, 0) is 69.2 Å². The lowest BCUT2D eigenvalue weighted by molar-refractivity contribution is -0.130. The molecule has 1 fully saturated rings. The summed E-state index contributed by atoms with van der Waals surface area (Å²) in [6.45, 7) is 14.5. The van der Waals surface area contributed by atoms with Crippen LogP contribution in [0.15, 0.2) is 48.5 Å². The lowest BCUT2D eigenvalue weighted by atomic mass is 9.68. The Morgan fingerprint density at radius 2 is 1.76 bits per heavy atom. The molecular formula is C29H41NO3. The summed E-state index contributed by atoms with van der Waals surface area (Å²) < 4.78 is 11.9. The van der Waals surface area contributed by atoms with E-state index in [1.165, 1.54) is 11.1 Å². The molecule has 1 saturated heterocycles. The zero-order valence-corrected chi connectivity index (χ0v) is 21.3. The average molecular weight is 452 g/mol. The Morgan fingerprint density at radius 1 is 1.09 bits per heavy atom. The van der Waals surface area contributed by atoms with Gasteiger partial charge in [0.15, 0.2) is 0 Å². The van der Waals surface area contributed by atoms with Gasteiger partial charge < -0.3 is 14.4 Å². The third-order valence-electron chi connectivity index (χ3n) is 6.89. The molecule has 3 rings (SSSR count). The van der Waals surface area contributed by atoms with Crippen molar-refractivity contribution in [3.63, 3.8) is 0 Å². The van der Waals surface area contributed by atoms with Crippen molar-refractivity contribution < 1.29 is 14.3 Å². The van der Waals surface area contributed by atoms with E-state index in [1.54, 1.807) is 6.92 Å². The van der Waals surface area contributed by atoms with Gasteiger partial charge in [-0.1, -0.05) is 55.8 Å². The van der Waals surface area contributed by atoms with Crippen molar-refractivity contribution in [2.75, 3.05) is 13.2 Å². The molecule has 0 unspecified atom stereocenters. The van der Waals surface area contributed by atoms with Gasteiger partial charge in [-0.15, -0.1) is 0 Å². The normalized spacial score (nSPS) is 20.8. The van der Waals surface area contributed by atoms with Crippen LogP contribution in [-0.2, 0) is 21.5 Å². The van der Waals surface area contributed by atoms with Crippen molar-refractivity contribution in [3.8, 4) is 5.75 Å². The molecule has 0 aliphatic carbocycles. The number of hydrogen-bond donors (Lipinski definition) is 0. The van der Waals surface area contributed by atoms with Crippen molar-refractivity contribution in [1.82, 2.24) is 4.90 Å². The molecule has 33 heavy (non-hydrogen) atoms. The van der Waals surface area contributed by atoms with Gasteiger partial charge in [0.1, 0.15) is 5.75 Å². The summed E-state index contributed by atoms with van der Waals surface area (Å²) in [7, 11) is 0. The van der Waals surface area contributed by atoms with Gasteiger partial charge in [0.2, 0.25) is 5.91 Å². The predicted molar refractivity (Wildman–Crippen MR) is 135 cm³/mol. The monoisotopic (exact) mass is 451 g/mol. The van der Waals surface area contributed by atoms with Crippen LogP contribution in [0.1, 0.15) is 70.6 Å². The summed E-state index contributed by atoms with van der Waals surface area (Å²) in [6, 6.07) is 17.1. The molecule has 0 saturated carbocycles. The quantitative estimate of drug-likeness (QED) is 0.449. The standard InChI is InChI=1S/C29H41NO3/c1-21(2)28-19-29(16-18-32-28,26-11-7-23(5)8-12-26)15-17-30(24(6)31)20-25-9-13-27(14-10-25)33-22(3)4/h7-14,21-22,28H,15-20H2,1-6H3/t28-,29-/m1/s1. The first-order valence-electron chi connectivity index (χ1n) is 12.4. The maximum Gasteiger partial charge on any atom is 0.219 e. The van der Waals surface area contributed by atoms with E-state index in [4.69, 9.17) is 9.47 Å². The number of benzene rings is 2. The fourth-order valence-corrected chi connectivity index (χ4v) is 4.78. The first-order valence-corrected chi connectivity index (χ1v) is 12.4. The molecule has 1 heterocycles. The highest BCUT2D eigenvalue weighted by Gasteiger charge is 2.39. The SMILES string of the molecule is CC(=O)N(CC[C@@]1(c2ccc(C)cc2)CCO[C@@H](C(C)C)C1)Cc1ccc(OC(C)C)cc1. The van der Waals surface area contributed by atoms with Gasteiger partial charge in [-0.3, -0.25) is 4.79 Å². The van der Waals surface area contributed by atoms with Crippen LogP contribution in [0.5, 0.6) is 5.75 Å². The molecular weight excluding hydrogens is 410 g/mol. The molecule has 4 heteroatoms. The second kappa shape index (κ2) is 11.2. The van der Waals surface area contributed by atoms with E-state index >= 15 is 0 Å². The van der Waals surface area contributed by atoms with Crippen LogP contribution in [-0.4, -0.2) is 36.2 Å². The third kappa shape index (κ3) is 6.83. The average Bonchev–Trinajstić information content (AvgIpc) is 2.77. The molecule has 1 amide bonds. The summed E-state index contributed by atoms with van der Waals surface area (Å²) in [5.41, 5.74) is 3.80. The van der Waals surface area contributed by atoms with Crippen LogP contribution in [0.4, 0.5) is 0 Å². The van der Waals surface area contributed by atoms with Crippen LogP contribution < -0.4 is 4.74 Å². The van der Waals surface area contributed by atoms with Crippen LogP contribution in [0, 0.1) is 12.8 Å². The third-order valence-corrected chi connectivity index (χ3v) is 6.89. The predicted octanol–water partition coefficient (Wildman–Crippen LogP) is 6.29. The number of ether oxygens (including phenoxy) is 2. The summed E-state index contributed by atoms with van der Waals surface area (Å²) in [5, 5.41) is 0. The highest BCUT2D eigenvalue weighted by atomic mass is 16.5. The fraction of sp³-hybridized carbons (Fsp3) is 0.552. The summed E-state index contributed by atoms with van der Waals surface area (Å²) in [5.74, 6) is 1.46. The first kappa shape index (κ1) is 25.3. The van der Waals surface area contributed by atoms with Crippen molar-refractivity contribution >= 4 is 5.91 Å². The minimum Gasteiger partial charge on any atom is -0.491 e. The Labute approximate surface area is 200 Å². The Morgan fingerprint density at radius 3 is 2.33 bits per heavy atom. The van der Waals surface area contributed by atoms with Gasteiger partial charge in [0.05, 0.1) is 12.2 Å². The van der Waals surface area contributed by atoms with E-state index in [2.05, 4.69) is 57.2 Å². The van der Waals surface area contributed by atoms with Crippen LogP contribution in [0.2, 0.25) is 0 Å². The van der Waals surface area contributed by atoms with Crippen molar-refractivity contribution in [2.24, 2.45) is 5.92 Å². The molecule has 2 aromatic carbocycles. The minimum absolute atomic E-state index is 0.0313. The molecule has 0 radical (unpaired) electrons. The van der Waals surface area contributed by atoms with Gasteiger partial charge >= 0.3 is 0 Å². The summed E-state index contributed by atoms with van der Waals surface area (Å²) in [6.07, 6.45) is 3.33. The Hall–Kier alpha value is -2.33. The minimum atomic E-state index is 0.0313. The van der Waals surface area contributed by atoms with Gasteiger partial charge in [-0.2, -0.15) is 0 Å². The molecule has 0 spiro atoms. The van der Waals surface area contributed by atoms with Gasteiger partial charge in [-0.25, -0.2) is 0 Å². The van der Waals surface area contributed by atoms with Crippen molar-refractivity contribution in [3.05, 3.63) is 65.2 Å². The molecule has 4 nitrogen and oxygen atoms in total. The Kier molecular flexibility index (Phi) is 8.58. The number of amides is 1. The molecule has 2 aromatic rings. The largest absolute Gasteiger partial charge is 0.491 e. The molecule has 0 aromatic heterocycles. The number of aryl methyl sites for hydroxylation is 1. The molecule has 0 bridgehead atoms. The molecule has 180 valence electrons. The van der Waals surface area contributed by atoms with E-state index in [9.17, 15) is 4.79 Å². The number of hydrogen-bond acceptors (Lipinski definition) is 3. The number of carbonyl (C=O) groups excluding carboxylic acids is 1. The van der Waals surface area contributed by atoms with Crippen molar-refractivity contribution in [2.45, 2.75) is 85.0 Å². The molecule has 1 aliphatic rings. The number of nitrogens with zero attached hydrogens (tertiary/aromatic N) is 1. The first-order chi connectivity index (χ1) is 15.7. The lowest BCUT2D eigenvalue weighted by Gasteiger charge is -2.44. The summed E-state index contributed by atoms with van der Waals surface area (Å²) >= 11 is 0. The smallest absolute Gasteiger partial charge is 0.219 e. The molecule has 2 atom stereocenters. The second-order valence-corrected chi connectivity index (χ2v) is 10.3. The summed E-state index contributed by atoms with van der Waals surface area (Å²) in [4.78, 5) is 14.5. The van der Waals surface area contributed by atoms with Crippen LogP contribution in [0.3, 0.4) is 0 Å². The lowest BCUT2D eigenvalue weighted by Crippen LogP contribution is -2.43. The van der Waals surface area contributed by atoms with E-state index < -0.39 is 0 Å². The molecule has 0 N–H and O–H groups in total. The Bertz CT molecular complexity index is 888. The van der Waals surface area contributed by atoms with Crippen LogP contribution >= 0.6 is 0 Å². The topological polar surface area (TPSA) is 38.8 Å². The number of rotatable bonds is 9. The van der Waals surface area contributed by atoms with Gasteiger partial charge in [0.25, 0.3) is 0 Å². The highest BCUT2D eigenvalue weighted by molar-refractivity contribution is 5.73. The highest BCUT2D eigenvalue weighted by Crippen LogP contribution is 2.42. The fourth-order valence-electron chi connectivity index (χ4n) is 4.78. The maximum atomic E-state index is 12.6. The zero-order valence-electron chi connectivity index (χ0n) is 21.3. The zero-order chi connectivity index (χ0) is 24.0. The second-order valence-electron chi connectivity index (χ2n) is 10.3. The van der Waals surface area contributed by atoms with Gasteiger partial charge in [0, 0.05) is 32.0 Å². The van der Waals surface area contributed by atoms with E-state index in [0.29, 0.717) is 12.5 Å². The van der Waals surface area contributed by atoms with E-state index in [1.807, 2.05) is 30.9 Å². The van der Waals surface area contributed by atoms with Crippen molar-refractivity contribution in [1.29, 1.82) is 0 Å². The van der Waals surface area contributed by atoms with Crippen LogP contribution in [0.25, 0.3) is 0 Å².